The van der Waals surface area contributed by atoms with Gasteiger partial charge in [0, 0.05) is 24.3 Å². The number of hydrogen-bond acceptors (Lipinski definition) is 2. The second-order valence-corrected chi connectivity index (χ2v) is 5.17. The summed E-state index contributed by atoms with van der Waals surface area (Å²) in [6.07, 6.45) is 3.57. The molecule has 1 aliphatic heterocycles. The van der Waals surface area contributed by atoms with Crippen molar-refractivity contribution in [2.24, 2.45) is 5.92 Å². The van der Waals surface area contributed by atoms with Crippen LogP contribution < -0.4 is 4.90 Å². The lowest BCUT2D eigenvalue weighted by molar-refractivity contribution is 0.199. The summed E-state index contributed by atoms with van der Waals surface area (Å²) in [6.45, 7) is 4.19. The number of para-hydroxylation sites is 1. The van der Waals surface area contributed by atoms with E-state index >= 15 is 0 Å². The molecule has 0 aromatic heterocycles. The maximum atomic E-state index is 9.83. The zero-order chi connectivity index (χ0) is 11.1. The first kappa shape index (κ1) is 10.2. The third-order valence-electron chi connectivity index (χ3n) is 3.74. The molecule has 1 aliphatic carbocycles. The average molecular weight is 217 g/mol. The fourth-order valence-corrected chi connectivity index (χ4v) is 2.70. The van der Waals surface area contributed by atoms with Crippen LogP contribution in [0.4, 0.5) is 5.69 Å². The first-order chi connectivity index (χ1) is 7.75. The van der Waals surface area contributed by atoms with Crippen molar-refractivity contribution in [2.75, 3.05) is 18.0 Å². The van der Waals surface area contributed by atoms with Crippen molar-refractivity contribution in [1.29, 1.82) is 0 Å². The lowest BCUT2D eigenvalue weighted by Gasteiger charge is -2.23. The number of rotatable bonds is 3. The first-order valence-corrected chi connectivity index (χ1v) is 6.30. The van der Waals surface area contributed by atoms with Gasteiger partial charge in [0.05, 0.1) is 6.10 Å². The van der Waals surface area contributed by atoms with Crippen molar-refractivity contribution >= 4 is 5.69 Å². The summed E-state index contributed by atoms with van der Waals surface area (Å²) in [5, 5.41) is 9.83. The minimum Gasteiger partial charge on any atom is -0.389 e. The van der Waals surface area contributed by atoms with Crippen LogP contribution in [0.15, 0.2) is 18.2 Å². The molecule has 2 aliphatic rings. The third kappa shape index (κ3) is 1.71. The predicted molar refractivity (Wildman–Crippen MR) is 65.7 cm³/mol. The van der Waals surface area contributed by atoms with Crippen LogP contribution in [0, 0.1) is 5.92 Å². The van der Waals surface area contributed by atoms with E-state index in [1.54, 1.807) is 0 Å². The molecule has 2 nitrogen and oxygen atoms in total. The standard InChI is InChI=1S/C14H19NO/c1-10(16)13-4-2-3-12-7-8-15(14(12)13)9-11-5-6-11/h2-4,10-11,16H,5-9H2,1H3. The molecule has 1 fully saturated rings. The number of hydrogen-bond donors (Lipinski definition) is 1. The van der Waals surface area contributed by atoms with Crippen LogP contribution >= 0.6 is 0 Å². The van der Waals surface area contributed by atoms with E-state index in [0.717, 1.165) is 24.4 Å². The van der Waals surface area contributed by atoms with Gasteiger partial charge in [-0.2, -0.15) is 0 Å². The molecule has 16 heavy (non-hydrogen) atoms. The van der Waals surface area contributed by atoms with E-state index in [-0.39, 0.29) is 6.10 Å². The van der Waals surface area contributed by atoms with Crippen LogP contribution in [0.3, 0.4) is 0 Å². The third-order valence-corrected chi connectivity index (χ3v) is 3.74. The van der Waals surface area contributed by atoms with Crippen LogP contribution in [-0.4, -0.2) is 18.2 Å². The monoisotopic (exact) mass is 217 g/mol. The van der Waals surface area contributed by atoms with Crippen molar-refractivity contribution in [3.63, 3.8) is 0 Å². The lowest BCUT2D eigenvalue weighted by atomic mass is 10.0. The molecule has 1 aromatic rings. The highest BCUT2D eigenvalue weighted by Gasteiger charge is 2.29. The Labute approximate surface area is 96.9 Å². The zero-order valence-electron chi connectivity index (χ0n) is 9.82. The molecule has 1 unspecified atom stereocenters. The van der Waals surface area contributed by atoms with E-state index in [9.17, 15) is 5.11 Å². The predicted octanol–water partition coefficient (Wildman–Crippen LogP) is 2.51. The van der Waals surface area contributed by atoms with Gasteiger partial charge >= 0.3 is 0 Å². The molecule has 0 spiro atoms. The molecular weight excluding hydrogens is 198 g/mol. The van der Waals surface area contributed by atoms with E-state index in [0.29, 0.717) is 0 Å². The molecule has 1 heterocycles. The fraction of sp³-hybridized carbons (Fsp3) is 0.571. The minimum absolute atomic E-state index is 0.352. The van der Waals surface area contributed by atoms with Crippen LogP contribution in [0.25, 0.3) is 0 Å². The second kappa shape index (κ2) is 3.77. The molecule has 0 radical (unpaired) electrons. The van der Waals surface area contributed by atoms with Crippen LogP contribution in [0.1, 0.15) is 37.0 Å². The highest BCUT2D eigenvalue weighted by atomic mass is 16.3. The van der Waals surface area contributed by atoms with Gasteiger partial charge in [0.1, 0.15) is 0 Å². The zero-order valence-corrected chi connectivity index (χ0v) is 9.82. The van der Waals surface area contributed by atoms with Crippen molar-refractivity contribution in [2.45, 2.75) is 32.3 Å². The van der Waals surface area contributed by atoms with Gasteiger partial charge in [-0.3, -0.25) is 0 Å². The Morgan fingerprint density at radius 3 is 2.94 bits per heavy atom. The Hall–Kier alpha value is -1.02. The van der Waals surface area contributed by atoms with E-state index in [4.69, 9.17) is 0 Å². The van der Waals surface area contributed by atoms with Crippen molar-refractivity contribution < 1.29 is 5.11 Å². The number of fused-ring (bicyclic) bond motifs is 1. The molecule has 1 atom stereocenters. The Kier molecular flexibility index (Phi) is 2.40. The SMILES string of the molecule is CC(O)c1cccc2c1N(CC1CC1)CC2. The molecule has 1 saturated carbocycles. The van der Waals surface area contributed by atoms with Crippen LogP contribution in [0.2, 0.25) is 0 Å². The molecule has 0 bridgehead atoms. The van der Waals surface area contributed by atoms with E-state index in [1.807, 2.05) is 6.92 Å². The Morgan fingerprint density at radius 2 is 2.25 bits per heavy atom. The first-order valence-electron chi connectivity index (χ1n) is 6.30. The molecule has 1 N–H and O–H groups in total. The van der Waals surface area contributed by atoms with Gasteiger partial charge in [0.25, 0.3) is 0 Å². The Bertz CT molecular complexity index is 396. The van der Waals surface area contributed by atoms with Crippen molar-refractivity contribution in [3.05, 3.63) is 29.3 Å². The fourth-order valence-electron chi connectivity index (χ4n) is 2.70. The van der Waals surface area contributed by atoms with Crippen molar-refractivity contribution in [1.82, 2.24) is 0 Å². The Balaban J connectivity index is 1.94. The second-order valence-electron chi connectivity index (χ2n) is 5.17. The summed E-state index contributed by atoms with van der Waals surface area (Å²) in [5.41, 5.74) is 3.85. The summed E-state index contributed by atoms with van der Waals surface area (Å²) in [6, 6.07) is 6.34. The smallest absolute Gasteiger partial charge is 0.0782 e. The highest BCUT2D eigenvalue weighted by Crippen LogP contribution is 2.38. The normalized spacial score (nSPS) is 21.0. The highest BCUT2D eigenvalue weighted by molar-refractivity contribution is 5.64. The van der Waals surface area contributed by atoms with Gasteiger partial charge in [0.2, 0.25) is 0 Å². The van der Waals surface area contributed by atoms with Gasteiger partial charge < -0.3 is 10.0 Å². The quantitative estimate of drug-likeness (QED) is 0.841. The molecule has 2 heteroatoms. The maximum Gasteiger partial charge on any atom is 0.0782 e. The molecule has 86 valence electrons. The van der Waals surface area contributed by atoms with Gasteiger partial charge in [-0.05, 0) is 37.7 Å². The minimum atomic E-state index is -0.352. The van der Waals surface area contributed by atoms with Crippen molar-refractivity contribution in [3.8, 4) is 0 Å². The van der Waals surface area contributed by atoms with Gasteiger partial charge in [-0.15, -0.1) is 0 Å². The largest absolute Gasteiger partial charge is 0.389 e. The summed E-state index contributed by atoms with van der Waals surface area (Å²) < 4.78 is 0. The average Bonchev–Trinajstić information content (AvgIpc) is 2.98. The summed E-state index contributed by atoms with van der Waals surface area (Å²) in [4.78, 5) is 2.48. The van der Waals surface area contributed by atoms with Gasteiger partial charge in [-0.1, -0.05) is 18.2 Å². The molecule has 0 amide bonds. The van der Waals surface area contributed by atoms with E-state index < -0.39 is 0 Å². The molecule has 3 rings (SSSR count). The number of aliphatic hydroxyl groups is 1. The van der Waals surface area contributed by atoms with E-state index in [1.165, 1.54) is 30.6 Å². The number of benzene rings is 1. The molecule has 0 saturated heterocycles. The van der Waals surface area contributed by atoms with E-state index in [2.05, 4.69) is 23.1 Å². The summed E-state index contributed by atoms with van der Waals surface area (Å²) >= 11 is 0. The number of nitrogens with zero attached hydrogens (tertiary/aromatic N) is 1. The molecule has 1 aromatic carbocycles. The summed E-state index contributed by atoms with van der Waals surface area (Å²) in [5.74, 6) is 0.910. The lowest BCUT2D eigenvalue weighted by Crippen LogP contribution is -2.24. The molecular formula is C14H19NO. The van der Waals surface area contributed by atoms with Gasteiger partial charge in [0.15, 0.2) is 0 Å². The van der Waals surface area contributed by atoms with Crippen LogP contribution in [-0.2, 0) is 6.42 Å². The Morgan fingerprint density at radius 1 is 1.44 bits per heavy atom. The maximum absolute atomic E-state index is 9.83. The topological polar surface area (TPSA) is 23.5 Å². The van der Waals surface area contributed by atoms with Gasteiger partial charge in [-0.25, -0.2) is 0 Å². The number of anilines is 1. The number of aliphatic hydroxyl groups excluding tert-OH is 1. The summed E-state index contributed by atoms with van der Waals surface area (Å²) in [7, 11) is 0. The van der Waals surface area contributed by atoms with Crippen LogP contribution in [0.5, 0.6) is 0 Å².